The van der Waals surface area contributed by atoms with Gasteiger partial charge in [0, 0.05) is 25.8 Å². The average molecular weight is 349 g/mol. The minimum Gasteiger partial charge on any atom is -0.489 e. The molecule has 1 atom stereocenters. The van der Waals surface area contributed by atoms with E-state index >= 15 is 0 Å². The van der Waals surface area contributed by atoms with Crippen molar-refractivity contribution >= 4 is 11.8 Å². The summed E-state index contributed by atoms with van der Waals surface area (Å²) in [6.07, 6.45) is 5.64. The second-order valence-corrected chi connectivity index (χ2v) is 6.36. The van der Waals surface area contributed by atoms with Crippen molar-refractivity contribution in [3.8, 4) is 5.75 Å². The Hall–Kier alpha value is -2.15. The van der Waals surface area contributed by atoms with Crippen LogP contribution in [0.25, 0.3) is 0 Å². The highest BCUT2D eigenvalue weighted by molar-refractivity contribution is 5.95. The van der Waals surface area contributed by atoms with Gasteiger partial charge in [-0.25, -0.2) is 4.98 Å². The van der Waals surface area contributed by atoms with Gasteiger partial charge in [0.25, 0.3) is 5.91 Å². The van der Waals surface area contributed by atoms with E-state index in [-0.39, 0.29) is 24.1 Å². The second-order valence-electron chi connectivity index (χ2n) is 6.36. The molecule has 0 aliphatic heterocycles. The molecule has 1 saturated carbocycles. The molecule has 7 nitrogen and oxygen atoms in total. The number of methoxy groups -OCH3 is 1. The molecule has 1 heterocycles. The van der Waals surface area contributed by atoms with Crippen LogP contribution in [0.5, 0.6) is 5.75 Å². The number of nitrogens with zero attached hydrogens (tertiary/aromatic N) is 1. The maximum atomic E-state index is 12.6. The minimum atomic E-state index is -0.438. The maximum absolute atomic E-state index is 12.6. The normalized spacial score (nSPS) is 14.8. The molecule has 1 aromatic heterocycles. The predicted molar refractivity (Wildman–Crippen MR) is 93.6 cm³/mol. The Morgan fingerprint density at radius 3 is 2.76 bits per heavy atom. The van der Waals surface area contributed by atoms with E-state index in [2.05, 4.69) is 10.3 Å². The van der Waals surface area contributed by atoms with Gasteiger partial charge in [-0.1, -0.05) is 13.3 Å². The largest absolute Gasteiger partial charge is 0.489 e. The fraction of sp³-hybridized carbons (Fsp3) is 0.611. The van der Waals surface area contributed by atoms with Crippen molar-refractivity contribution in [3.63, 3.8) is 0 Å². The number of hydrogen-bond acceptors (Lipinski definition) is 5. The average Bonchev–Trinajstić information content (AvgIpc) is 3.39. The van der Waals surface area contributed by atoms with Crippen molar-refractivity contribution in [2.45, 2.75) is 51.0 Å². The topological polar surface area (TPSA) is 104 Å². The summed E-state index contributed by atoms with van der Waals surface area (Å²) in [5.41, 5.74) is 6.58. The molecule has 138 valence electrons. The number of carbonyl (C=O) groups excluding carboxylic acids is 2. The lowest BCUT2D eigenvalue weighted by atomic mass is 10.1. The lowest BCUT2D eigenvalue weighted by Gasteiger charge is -2.18. The Balaban J connectivity index is 2.13. The Morgan fingerprint density at radius 2 is 2.16 bits per heavy atom. The molecule has 2 rings (SSSR count). The molecule has 0 bridgehead atoms. The van der Waals surface area contributed by atoms with E-state index in [1.54, 1.807) is 13.3 Å². The molecule has 0 radical (unpaired) electrons. The highest BCUT2D eigenvalue weighted by atomic mass is 16.5. The molecule has 0 unspecified atom stereocenters. The van der Waals surface area contributed by atoms with Gasteiger partial charge >= 0.3 is 0 Å². The lowest BCUT2D eigenvalue weighted by molar-refractivity contribution is -0.118. The van der Waals surface area contributed by atoms with E-state index in [9.17, 15) is 9.59 Å². The summed E-state index contributed by atoms with van der Waals surface area (Å²) in [5.74, 6) is 0.173. The number of primary amides is 1. The Kier molecular flexibility index (Phi) is 7.18. The lowest BCUT2D eigenvalue weighted by Crippen LogP contribution is -2.38. The molecular weight excluding hydrogens is 322 g/mol. The third kappa shape index (κ3) is 6.01. The molecule has 0 spiro atoms. The molecule has 1 aromatic rings. The summed E-state index contributed by atoms with van der Waals surface area (Å²) in [6, 6.07) is 1.59. The smallest absolute Gasteiger partial charge is 0.273 e. The molecule has 3 N–H and O–H groups in total. The molecule has 0 saturated heterocycles. The predicted octanol–water partition coefficient (Wildman–Crippen LogP) is 1.76. The number of hydrogen-bond donors (Lipinski definition) is 2. The summed E-state index contributed by atoms with van der Waals surface area (Å²) in [7, 11) is 1.59. The quantitative estimate of drug-likeness (QED) is 0.593. The molecule has 7 heteroatoms. The molecular formula is C18H27N3O4. The van der Waals surface area contributed by atoms with Crippen LogP contribution in [0.1, 0.15) is 61.0 Å². The maximum Gasteiger partial charge on any atom is 0.273 e. The molecule has 25 heavy (non-hydrogen) atoms. The van der Waals surface area contributed by atoms with Crippen LogP contribution >= 0.6 is 0 Å². The van der Waals surface area contributed by atoms with Crippen LogP contribution < -0.4 is 15.8 Å². The molecule has 1 fully saturated rings. The first-order valence-electron chi connectivity index (χ1n) is 8.76. The van der Waals surface area contributed by atoms with Crippen LogP contribution in [0, 0.1) is 0 Å². The Bertz CT molecular complexity index is 602. The van der Waals surface area contributed by atoms with E-state index in [0.717, 1.165) is 24.8 Å². The van der Waals surface area contributed by atoms with Gasteiger partial charge in [0.2, 0.25) is 5.91 Å². The molecule has 2 amide bonds. The first kappa shape index (κ1) is 19.2. The van der Waals surface area contributed by atoms with Crippen molar-refractivity contribution < 1.29 is 19.1 Å². The van der Waals surface area contributed by atoms with Crippen LogP contribution in [0.3, 0.4) is 0 Å². The SMILES string of the molecule is CCC[C@@H](CC(N)=O)NC(=O)c1ncc(C2CC2)cc1OCCOC. The van der Waals surface area contributed by atoms with Crippen molar-refractivity contribution in [1.82, 2.24) is 10.3 Å². The third-order valence-corrected chi connectivity index (χ3v) is 4.10. The number of aromatic nitrogens is 1. The molecule has 1 aliphatic carbocycles. The standard InChI is InChI=1S/C18H27N3O4/c1-3-4-14(10-16(19)22)21-18(23)17-15(25-8-7-24-2)9-13(11-20-17)12-5-6-12/h9,11-12,14H,3-8,10H2,1-2H3,(H2,19,22)(H,21,23)/t14-/m0/s1. The zero-order chi connectivity index (χ0) is 18.2. The van der Waals surface area contributed by atoms with E-state index in [0.29, 0.717) is 31.3 Å². The zero-order valence-corrected chi connectivity index (χ0v) is 14.9. The summed E-state index contributed by atoms with van der Waals surface area (Å²) in [4.78, 5) is 28.1. The number of carbonyl (C=O) groups is 2. The fourth-order valence-electron chi connectivity index (χ4n) is 2.69. The van der Waals surface area contributed by atoms with E-state index in [4.69, 9.17) is 15.2 Å². The van der Waals surface area contributed by atoms with Gasteiger partial charge in [0.1, 0.15) is 6.61 Å². The zero-order valence-electron chi connectivity index (χ0n) is 14.9. The Morgan fingerprint density at radius 1 is 1.40 bits per heavy atom. The summed E-state index contributed by atoms with van der Waals surface area (Å²) >= 11 is 0. The van der Waals surface area contributed by atoms with Gasteiger partial charge in [-0.3, -0.25) is 9.59 Å². The first-order valence-corrected chi connectivity index (χ1v) is 8.76. The van der Waals surface area contributed by atoms with Crippen molar-refractivity contribution in [2.75, 3.05) is 20.3 Å². The highest BCUT2D eigenvalue weighted by Gasteiger charge is 2.27. The van der Waals surface area contributed by atoms with Gasteiger partial charge in [0.15, 0.2) is 11.4 Å². The first-order chi connectivity index (χ1) is 12.0. The van der Waals surface area contributed by atoms with Gasteiger partial charge < -0.3 is 20.5 Å². The minimum absolute atomic E-state index is 0.111. The van der Waals surface area contributed by atoms with Gasteiger partial charge in [0.05, 0.1) is 6.61 Å². The van der Waals surface area contributed by atoms with Crippen LogP contribution in [0.15, 0.2) is 12.3 Å². The second kappa shape index (κ2) is 9.36. The van der Waals surface area contributed by atoms with Gasteiger partial charge in [-0.2, -0.15) is 0 Å². The number of pyridine rings is 1. The summed E-state index contributed by atoms with van der Waals surface area (Å²) in [5, 5.41) is 2.85. The molecule has 1 aliphatic rings. The van der Waals surface area contributed by atoms with Crippen molar-refractivity contribution in [2.24, 2.45) is 5.73 Å². The summed E-state index contributed by atoms with van der Waals surface area (Å²) < 4.78 is 10.7. The van der Waals surface area contributed by atoms with Crippen LogP contribution in [0.4, 0.5) is 0 Å². The van der Waals surface area contributed by atoms with Gasteiger partial charge in [-0.15, -0.1) is 0 Å². The van der Waals surface area contributed by atoms with Gasteiger partial charge in [-0.05, 0) is 36.8 Å². The molecule has 0 aromatic carbocycles. The van der Waals surface area contributed by atoms with E-state index in [1.165, 1.54) is 0 Å². The Labute approximate surface area is 148 Å². The van der Waals surface area contributed by atoms with E-state index in [1.807, 2.05) is 13.0 Å². The van der Waals surface area contributed by atoms with Crippen LogP contribution in [0.2, 0.25) is 0 Å². The number of nitrogens with one attached hydrogen (secondary N) is 1. The number of amides is 2. The van der Waals surface area contributed by atoms with Crippen LogP contribution in [-0.2, 0) is 9.53 Å². The number of ether oxygens (including phenoxy) is 2. The van der Waals surface area contributed by atoms with E-state index < -0.39 is 5.91 Å². The number of nitrogens with two attached hydrogens (primary N) is 1. The summed E-state index contributed by atoms with van der Waals surface area (Å²) in [6.45, 7) is 2.75. The van der Waals surface area contributed by atoms with Crippen molar-refractivity contribution in [3.05, 3.63) is 23.5 Å². The monoisotopic (exact) mass is 349 g/mol. The number of rotatable bonds is 11. The third-order valence-electron chi connectivity index (χ3n) is 4.10. The van der Waals surface area contributed by atoms with Crippen LogP contribution in [-0.4, -0.2) is 43.2 Å². The fourth-order valence-corrected chi connectivity index (χ4v) is 2.69. The highest BCUT2D eigenvalue weighted by Crippen LogP contribution is 2.41. The van der Waals surface area contributed by atoms with Crippen molar-refractivity contribution in [1.29, 1.82) is 0 Å².